The molecule has 3 aromatic rings. The zero-order valence-corrected chi connectivity index (χ0v) is 13.0. The van der Waals surface area contributed by atoms with Crippen LogP contribution in [0.4, 0.5) is 4.39 Å². The highest BCUT2D eigenvalue weighted by Gasteiger charge is 2.15. The Labute approximate surface area is 131 Å². The summed E-state index contributed by atoms with van der Waals surface area (Å²) in [5.74, 6) is -0.284. The number of fused-ring (bicyclic) bond motifs is 1. The van der Waals surface area contributed by atoms with Gasteiger partial charge in [0.15, 0.2) is 4.96 Å². The maximum atomic E-state index is 13.2. The highest BCUT2D eigenvalue weighted by atomic mass is 32.1. The van der Waals surface area contributed by atoms with Crippen molar-refractivity contribution < 1.29 is 9.18 Å². The Morgan fingerprint density at radius 1 is 1.45 bits per heavy atom. The molecule has 22 heavy (non-hydrogen) atoms. The van der Waals surface area contributed by atoms with E-state index in [4.69, 9.17) is 0 Å². The van der Waals surface area contributed by atoms with E-state index in [1.807, 2.05) is 35.2 Å². The van der Waals surface area contributed by atoms with Crippen LogP contribution in [-0.2, 0) is 17.8 Å². The minimum Gasteiger partial charge on any atom is -0.338 e. The summed E-state index contributed by atoms with van der Waals surface area (Å²) in [6.45, 7) is 2.91. The minimum absolute atomic E-state index is 0.00230. The Balaban J connectivity index is 1.69. The third kappa shape index (κ3) is 3.17. The van der Waals surface area contributed by atoms with Crippen LogP contribution in [0, 0.1) is 5.82 Å². The number of amides is 1. The third-order valence-corrected chi connectivity index (χ3v) is 4.24. The Morgan fingerprint density at radius 2 is 2.32 bits per heavy atom. The smallest absolute Gasteiger partial charge is 0.228 e. The maximum Gasteiger partial charge on any atom is 0.228 e. The number of carbonyl (C=O) groups excluding carboxylic acids is 1. The number of nitrogens with zero attached hydrogens (tertiary/aromatic N) is 3. The number of hydrogen-bond donors (Lipinski definition) is 0. The van der Waals surface area contributed by atoms with Crippen molar-refractivity contribution >= 4 is 22.2 Å². The van der Waals surface area contributed by atoms with Gasteiger partial charge in [-0.3, -0.25) is 9.20 Å². The number of aromatic nitrogens is 2. The summed E-state index contributed by atoms with van der Waals surface area (Å²) in [5.41, 5.74) is 1.55. The van der Waals surface area contributed by atoms with Gasteiger partial charge < -0.3 is 4.90 Å². The molecule has 2 heterocycles. The quantitative estimate of drug-likeness (QED) is 0.725. The fourth-order valence-electron chi connectivity index (χ4n) is 2.36. The van der Waals surface area contributed by atoms with Crippen LogP contribution in [0.2, 0.25) is 0 Å². The van der Waals surface area contributed by atoms with Crippen LogP contribution < -0.4 is 0 Å². The van der Waals surface area contributed by atoms with E-state index in [2.05, 4.69) is 4.98 Å². The maximum absolute atomic E-state index is 13.2. The zero-order valence-electron chi connectivity index (χ0n) is 12.2. The molecule has 1 amide bonds. The summed E-state index contributed by atoms with van der Waals surface area (Å²) >= 11 is 1.54. The standard InChI is InChI=1S/C16H16FN3OS/c1-2-19(10-12-4-3-5-13(17)8-12)15(21)9-14-11-20-6-7-22-16(20)18-14/h3-8,11H,2,9-10H2,1H3. The van der Waals surface area contributed by atoms with Gasteiger partial charge in [0.25, 0.3) is 0 Å². The van der Waals surface area contributed by atoms with Crippen LogP contribution in [0.1, 0.15) is 18.2 Å². The Morgan fingerprint density at radius 3 is 3.05 bits per heavy atom. The van der Waals surface area contributed by atoms with Gasteiger partial charge in [0.05, 0.1) is 12.1 Å². The monoisotopic (exact) mass is 317 g/mol. The Kier molecular flexibility index (Phi) is 4.20. The van der Waals surface area contributed by atoms with E-state index in [0.29, 0.717) is 13.1 Å². The van der Waals surface area contributed by atoms with Crippen molar-refractivity contribution in [3.05, 3.63) is 59.1 Å². The lowest BCUT2D eigenvalue weighted by Crippen LogP contribution is -2.31. The van der Waals surface area contributed by atoms with Crippen molar-refractivity contribution in [2.75, 3.05) is 6.54 Å². The first-order valence-electron chi connectivity index (χ1n) is 7.09. The zero-order chi connectivity index (χ0) is 15.5. The first-order chi connectivity index (χ1) is 10.7. The van der Waals surface area contributed by atoms with Gasteiger partial charge in [0.1, 0.15) is 5.82 Å². The number of benzene rings is 1. The van der Waals surface area contributed by atoms with Crippen LogP contribution in [0.3, 0.4) is 0 Å². The second kappa shape index (κ2) is 6.27. The van der Waals surface area contributed by atoms with Crippen LogP contribution in [0.5, 0.6) is 0 Å². The fourth-order valence-corrected chi connectivity index (χ4v) is 3.08. The molecule has 0 radical (unpaired) electrons. The topological polar surface area (TPSA) is 37.6 Å². The van der Waals surface area contributed by atoms with Gasteiger partial charge in [-0.25, -0.2) is 9.37 Å². The van der Waals surface area contributed by atoms with Gasteiger partial charge in [-0.15, -0.1) is 11.3 Å². The summed E-state index contributed by atoms with van der Waals surface area (Å²) < 4.78 is 15.1. The first kappa shape index (κ1) is 14.7. The molecule has 0 atom stereocenters. The van der Waals surface area contributed by atoms with Gasteiger partial charge in [-0.2, -0.15) is 0 Å². The average Bonchev–Trinajstić information content (AvgIpc) is 3.05. The lowest BCUT2D eigenvalue weighted by atomic mass is 10.2. The van der Waals surface area contributed by atoms with Crippen molar-refractivity contribution in [3.63, 3.8) is 0 Å². The summed E-state index contributed by atoms with van der Waals surface area (Å²) in [4.78, 5) is 19.4. The number of likely N-dealkylation sites (N-methyl/N-ethyl adjacent to an activating group) is 1. The molecule has 0 N–H and O–H groups in total. The molecule has 4 nitrogen and oxygen atoms in total. The molecule has 114 valence electrons. The van der Waals surface area contributed by atoms with E-state index in [1.165, 1.54) is 23.5 Å². The molecule has 1 aromatic carbocycles. The van der Waals surface area contributed by atoms with E-state index in [-0.39, 0.29) is 18.1 Å². The van der Waals surface area contributed by atoms with E-state index in [0.717, 1.165) is 16.2 Å². The molecule has 0 saturated carbocycles. The van der Waals surface area contributed by atoms with Gasteiger partial charge in [0, 0.05) is 30.9 Å². The lowest BCUT2D eigenvalue weighted by molar-refractivity contribution is -0.130. The molecule has 0 bridgehead atoms. The van der Waals surface area contributed by atoms with Crippen molar-refractivity contribution in [2.45, 2.75) is 19.9 Å². The largest absolute Gasteiger partial charge is 0.338 e. The van der Waals surface area contributed by atoms with Crippen molar-refractivity contribution in [2.24, 2.45) is 0 Å². The number of halogens is 1. The SMILES string of the molecule is CCN(Cc1cccc(F)c1)C(=O)Cc1cn2ccsc2n1. The molecule has 0 saturated heterocycles. The first-order valence-corrected chi connectivity index (χ1v) is 7.97. The molecular formula is C16H16FN3OS. The number of imidazole rings is 1. The van der Waals surface area contributed by atoms with E-state index in [1.54, 1.807) is 11.0 Å². The molecule has 0 aliphatic carbocycles. The average molecular weight is 317 g/mol. The van der Waals surface area contributed by atoms with Crippen molar-refractivity contribution in [1.82, 2.24) is 14.3 Å². The summed E-state index contributed by atoms with van der Waals surface area (Å²) in [6, 6.07) is 6.35. The second-order valence-corrected chi connectivity index (χ2v) is 5.91. The number of hydrogen-bond acceptors (Lipinski definition) is 3. The predicted octanol–water partition coefficient (Wildman–Crippen LogP) is 3.13. The predicted molar refractivity (Wildman–Crippen MR) is 84.3 cm³/mol. The van der Waals surface area contributed by atoms with Crippen LogP contribution in [-0.4, -0.2) is 26.7 Å². The molecule has 0 aliphatic rings. The molecule has 0 spiro atoms. The second-order valence-electron chi connectivity index (χ2n) is 5.04. The van der Waals surface area contributed by atoms with E-state index < -0.39 is 0 Å². The van der Waals surface area contributed by atoms with Crippen LogP contribution in [0.15, 0.2) is 42.0 Å². The highest BCUT2D eigenvalue weighted by Crippen LogP contribution is 2.13. The molecule has 3 rings (SSSR count). The number of carbonyl (C=O) groups is 1. The summed E-state index contributed by atoms with van der Waals surface area (Å²) in [5, 5.41) is 1.95. The van der Waals surface area contributed by atoms with E-state index in [9.17, 15) is 9.18 Å². The lowest BCUT2D eigenvalue weighted by Gasteiger charge is -2.20. The third-order valence-electron chi connectivity index (χ3n) is 3.47. The Hall–Kier alpha value is -2.21. The van der Waals surface area contributed by atoms with Gasteiger partial charge in [0.2, 0.25) is 5.91 Å². The number of thiazole rings is 1. The summed E-state index contributed by atoms with van der Waals surface area (Å²) in [6.07, 6.45) is 4.06. The normalized spacial score (nSPS) is 11.0. The van der Waals surface area contributed by atoms with Gasteiger partial charge in [-0.1, -0.05) is 12.1 Å². The number of rotatable bonds is 5. The van der Waals surface area contributed by atoms with Gasteiger partial charge >= 0.3 is 0 Å². The highest BCUT2D eigenvalue weighted by molar-refractivity contribution is 7.15. The van der Waals surface area contributed by atoms with Crippen LogP contribution in [0.25, 0.3) is 4.96 Å². The Bertz CT molecular complexity index is 767. The van der Waals surface area contributed by atoms with Gasteiger partial charge in [-0.05, 0) is 24.6 Å². The molecule has 0 fully saturated rings. The molecule has 2 aromatic heterocycles. The molecular weight excluding hydrogens is 301 g/mol. The van der Waals surface area contributed by atoms with Crippen molar-refractivity contribution in [1.29, 1.82) is 0 Å². The minimum atomic E-state index is -0.282. The van der Waals surface area contributed by atoms with E-state index >= 15 is 0 Å². The van der Waals surface area contributed by atoms with Crippen LogP contribution >= 0.6 is 11.3 Å². The molecule has 0 unspecified atom stereocenters. The van der Waals surface area contributed by atoms with Crippen molar-refractivity contribution in [3.8, 4) is 0 Å². The molecule has 0 aliphatic heterocycles. The summed E-state index contributed by atoms with van der Waals surface area (Å²) in [7, 11) is 0. The fraction of sp³-hybridized carbons (Fsp3) is 0.250. The molecule has 6 heteroatoms.